The first-order valence-corrected chi connectivity index (χ1v) is 10.8. The molecule has 0 saturated carbocycles. The lowest BCUT2D eigenvalue weighted by atomic mass is 10.2. The van der Waals surface area contributed by atoms with Crippen LogP contribution in [0.3, 0.4) is 0 Å². The van der Waals surface area contributed by atoms with Gasteiger partial charge in [-0.3, -0.25) is 10.2 Å². The molecular weight excluding hydrogens is 471 g/mol. The molecule has 3 N–H and O–H groups in total. The summed E-state index contributed by atoms with van der Waals surface area (Å²) in [4.78, 5) is 24.9. The molecule has 0 fully saturated rings. The van der Waals surface area contributed by atoms with Gasteiger partial charge in [0.1, 0.15) is 9.77 Å². The summed E-state index contributed by atoms with van der Waals surface area (Å²) in [6.07, 6.45) is 0. The number of sulfonamides is 1. The highest BCUT2D eigenvalue weighted by Crippen LogP contribution is 2.36. The predicted octanol–water partition coefficient (Wildman–Crippen LogP) is 4.18. The summed E-state index contributed by atoms with van der Waals surface area (Å²) >= 11 is 19.0. The number of thiophene rings is 1. The third kappa shape index (κ3) is 4.09. The van der Waals surface area contributed by atoms with Crippen LogP contribution in [0, 0.1) is 0 Å². The van der Waals surface area contributed by atoms with Gasteiger partial charge >= 0.3 is 5.97 Å². The first-order valence-electron chi connectivity index (χ1n) is 7.32. The van der Waals surface area contributed by atoms with Crippen molar-refractivity contribution in [3.63, 3.8) is 0 Å². The van der Waals surface area contributed by atoms with Crippen LogP contribution in [0.25, 0.3) is 10.1 Å². The molecule has 146 valence electrons. The Morgan fingerprint density at radius 2 is 1.75 bits per heavy atom. The molecule has 0 bridgehead atoms. The Bertz CT molecular complexity index is 1220. The minimum Gasteiger partial charge on any atom is -0.478 e. The van der Waals surface area contributed by atoms with Crippen LogP contribution in [0.1, 0.15) is 20.0 Å². The number of hydrogen-bond acceptors (Lipinski definition) is 5. The number of carboxylic acid groups (broad SMARTS) is 1. The van der Waals surface area contributed by atoms with E-state index in [4.69, 9.17) is 39.9 Å². The molecule has 1 aromatic heterocycles. The topological polar surface area (TPSA) is 113 Å². The number of hydrazine groups is 1. The number of fused-ring (bicyclic) bond motifs is 1. The maximum Gasteiger partial charge on any atom is 0.335 e. The maximum absolute atomic E-state index is 12.4. The van der Waals surface area contributed by atoms with E-state index in [1.807, 2.05) is 10.3 Å². The standard InChI is InChI=1S/C16H9Cl3N2O5S2/c17-8-2-4-11-9(6-8)13(19)14(27-11)15(22)20-21-28(25,26)12-5-7(16(23)24)1-3-10(12)18/h1-6,21H,(H,20,22)(H,23,24). The fourth-order valence-corrected chi connectivity index (χ4v) is 5.18. The van der Waals surface area contributed by atoms with Crippen LogP contribution < -0.4 is 10.3 Å². The molecule has 0 saturated heterocycles. The molecule has 0 radical (unpaired) electrons. The summed E-state index contributed by atoms with van der Waals surface area (Å²) in [5.74, 6) is -2.12. The van der Waals surface area contributed by atoms with Crippen molar-refractivity contribution in [1.82, 2.24) is 10.3 Å². The number of halogens is 3. The average molecular weight is 480 g/mol. The van der Waals surface area contributed by atoms with E-state index in [1.165, 1.54) is 0 Å². The lowest BCUT2D eigenvalue weighted by Gasteiger charge is -2.10. The zero-order valence-corrected chi connectivity index (χ0v) is 17.4. The van der Waals surface area contributed by atoms with Gasteiger partial charge in [-0.25, -0.2) is 13.2 Å². The number of hydrogen-bond donors (Lipinski definition) is 3. The van der Waals surface area contributed by atoms with E-state index in [0.717, 1.165) is 29.5 Å². The van der Waals surface area contributed by atoms with Crippen LogP contribution in [0.2, 0.25) is 15.1 Å². The lowest BCUT2D eigenvalue weighted by Crippen LogP contribution is -2.41. The summed E-state index contributed by atoms with van der Waals surface area (Å²) in [7, 11) is -4.34. The van der Waals surface area contributed by atoms with Gasteiger partial charge in [0.25, 0.3) is 15.9 Å². The number of benzene rings is 2. The van der Waals surface area contributed by atoms with Crippen molar-refractivity contribution in [3.05, 3.63) is 61.9 Å². The molecule has 0 aliphatic heterocycles. The number of rotatable bonds is 5. The monoisotopic (exact) mass is 478 g/mol. The molecular formula is C16H9Cl3N2O5S2. The van der Waals surface area contributed by atoms with Gasteiger partial charge in [-0.05, 0) is 36.4 Å². The summed E-state index contributed by atoms with van der Waals surface area (Å²) < 4.78 is 25.5. The highest BCUT2D eigenvalue weighted by molar-refractivity contribution is 7.89. The molecule has 2 aromatic carbocycles. The lowest BCUT2D eigenvalue weighted by molar-refractivity contribution is 0.0696. The zero-order valence-electron chi connectivity index (χ0n) is 13.5. The Kier molecular flexibility index (Phi) is 5.85. The Hall–Kier alpha value is -1.88. The van der Waals surface area contributed by atoms with Crippen molar-refractivity contribution in [1.29, 1.82) is 0 Å². The van der Waals surface area contributed by atoms with Gasteiger partial charge in [0.2, 0.25) is 0 Å². The third-order valence-corrected chi connectivity index (χ3v) is 7.20. The van der Waals surface area contributed by atoms with Crippen LogP contribution in [-0.2, 0) is 10.0 Å². The van der Waals surface area contributed by atoms with E-state index < -0.39 is 26.8 Å². The van der Waals surface area contributed by atoms with Crippen LogP contribution >= 0.6 is 46.1 Å². The van der Waals surface area contributed by atoms with Crippen LogP contribution in [-0.4, -0.2) is 25.4 Å². The Labute approximate surface area is 177 Å². The fourth-order valence-electron chi connectivity index (χ4n) is 2.25. The quantitative estimate of drug-likeness (QED) is 0.475. The second kappa shape index (κ2) is 7.86. The third-order valence-electron chi connectivity index (χ3n) is 3.56. The number of carboxylic acids is 1. The number of aromatic carboxylic acids is 1. The molecule has 0 unspecified atom stereocenters. The largest absolute Gasteiger partial charge is 0.478 e. The van der Waals surface area contributed by atoms with Crippen molar-refractivity contribution in [2.45, 2.75) is 4.90 Å². The summed E-state index contributed by atoms with van der Waals surface area (Å²) in [6.45, 7) is 0. The molecule has 12 heteroatoms. The van der Waals surface area contributed by atoms with Crippen molar-refractivity contribution in [2.75, 3.05) is 0 Å². The van der Waals surface area contributed by atoms with E-state index in [2.05, 4.69) is 0 Å². The molecule has 7 nitrogen and oxygen atoms in total. The first kappa shape index (κ1) is 20.8. The number of amides is 1. The Morgan fingerprint density at radius 3 is 2.43 bits per heavy atom. The zero-order chi connectivity index (χ0) is 20.6. The predicted molar refractivity (Wildman–Crippen MR) is 108 cm³/mol. The van der Waals surface area contributed by atoms with E-state index in [-0.39, 0.29) is 20.5 Å². The van der Waals surface area contributed by atoms with E-state index >= 15 is 0 Å². The molecule has 3 aromatic rings. The van der Waals surface area contributed by atoms with Crippen LogP contribution in [0.15, 0.2) is 41.3 Å². The van der Waals surface area contributed by atoms with Crippen LogP contribution in [0.5, 0.6) is 0 Å². The molecule has 1 amide bonds. The van der Waals surface area contributed by atoms with Crippen molar-refractivity contribution in [2.24, 2.45) is 0 Å². The van der Waals surface area contributed by atoms with Gasteiger partial charge in [-0.1, -0.05) is 34.8 Å². The average Bonchev–Trinajstić information content (AvgIpc) is 2.96. The van der Waals surface area contributed by atoms with Gasteiger partial charge in [-0.15, -0.1) is 16.2 Å². The van der Waals surface area contributed by atoms with E-state index in [9.17, 15) is 18.0 Å². The second-order valence-electron chi connectivity index (χ2n) is 5.40. The van der Waals surface area contributed by atoms with Gasteiger partial charge in [-0.2, -0.15) is 0 Å². The van der Waals surface area contributed by atoms with Crippen LogP contribution in [0.4, 0.5) is 0 Å². The van der Waals surface area contributed by atoms with Crippen molar-refractivity contribution in [3.8, 4) is 0 Å². The minimum absolute atomic E-state index is 0.0759. The summed E-state index contributed by atoms with van der Waals surface area (Å²) in [5, 5.41) is 9.92. The van der Waals surface area contributed by atoms with E-state index in [1.54, 1.807) is 18.2 Å². The molecule has 28 heavy (non-hydrogen) atoms. The molecule has 1 heterocycles. The van der Waals surface area contributed by atoms with Gasteiger partial charge in [0, 0.05) is 15.1 Å². The number of nitrogens with one attached hydrogen (secondary N) is 2. The molecule has 0 aliphatic rings. The fraction of sp³-hybridized carbons (Fsp3) is 0. The maximum atomic E-state index is 12.4. The highest BCUT2D eigenvalue weighted by atomic mass is 35.5. The van der Waals surface area contributed by atoms with Gasteiger partial charge < -0.3 is 5.11 Å². The highest BCUT2D eigenvalue weighted by Gasteiger charge is 2.23. The van der Waals surface area contributed by atoms with Gasteiger partial charge in [0.05, 0.1) is 15.6 Å². The Balaban J connectivity index is 1.86. The normalized spacial score (nSPS) is 11.5. The summed E-state index contributed by atoms with van der Waals surface area (Å²) in [5.41, 5.74) is 1.76. The van der Waals surface area contributed by atoms with E-state index in [0.29, 0.717) is 15.1 Å². The number of carbonyl (C=O) groups is 2. The number of carbonyl (C=O) groups excluding carboxylic acids is 1. The van der Waals surface area contributed by atoms with Crippen molar-refractivity contribution < 1.29 is 23.1 Å². The summed E-state index contributed by atoms with van der Waals surface area (Å²) in [6, 6.07) is 8.09. The minimum atomic E-state index is -4.34. The molecule has 0 spiro atoms. The second-order valence-corrected chi connectivity index (χ2v) is 9.32. The van der Waals surface area contributed by atoms with Gasteiger partial charge in [0.15, 0.2) is 0 Å². The molecule has 3 rings (SSSR count). The van der Waals surface area contributed by atoms with Crippen molar-refractivity contribution >= 4 is 78.1 Å². The SMILES string of the molecule is O=C(O)c1ccc(Cl)c(S(=O)(=O)NNC(=O)c2sc3ccc(Cl)cc3c2Cl)c1. The Morgan fingerprint density at radius 1 is 1.04 bits per heavy atom. The molecule has 0 atom stereocenters. The smallest absolute Gasteiger partial charge is 0.335 e. The molecule has 0 aliphatic carbocycles. The first-order chi connectivity index (χ1) is 13.1.